The van der Waals surface area contributed by atoms with Crippen LogP contribution in [0.2, 0.25) is 0 Å². The van der Waals surface area contributed by atoms with E-state index in [2.05, 4.69) is 118 Å². The van der Waals surface area contributed by atoms with Crippen LogP contribution in [0.25, 0.3) is 72.9 Å². The topological polar surface area (TPSA) is 87.5 Å². The molecule has 0 amide bonds. The Kier molecular flexibility index (Phi) is 10.9. The van der Waals surface area contributed by atoms with Gasteiger partial charge in [0.05, 0.1) is 29.0 Å². The van der Waals surface area contributed by atoms with Crippen molar-refractivity contribution in [3.05, 3.63) is 158 Å². The van der Waals surface area contributed by atoms with Gasteiger partial charge in [-0.3, -0.25) is 9.67 Å². The molecule has 0 saturated heterocycles. The Morgan fingerprint density at radius 3 is 1.95 bits per heavy atom. The van der Waals surface area contributed by atoms with Crippen LogP contribution in [0.1, 0.15) is 52.9 Å². The number of hydrogen-bond acceptors (Lipinski definition) is 6. The van der Waals surface area contributed by atoms with E-state index in [1.54, 1.807) is 6.20 Å². The van der Waals surface area contributed by atoms with Gasteiger partial charge in [-0.15, -0.1) is 24.3 Å². The number of imidazole rings is 1. The predicted molar refractivity (Wildman–Crippen MR) is 224 cm³/mol. The van der Waals surface area contributed by atoms with Crippen molar-refractivity contribution in [1.29, 1.82) is 0 Å². The summed E-state index contributed by atoms with van der Waals surface area (Å²) < 4.78 is 10.1. The molecule has 9 rings (SSSR count). The molecule has 0 saturated carbocycles. The number of aryl methyl sites for hydroxylation is 1. The van der Waals surface area contributed by atoms with Gasteiger partial charge in [-0.05, 0) is 40.6 Å². The van der Waals surface area contributed by atoms with Crippen LogP contribution >= 0.6 is 0 Å². The van der Waals surface area contributed by atoms with Gasteiger partial charge >= 0.3 is 0 Å². The molecular weight excluding hydrogens is 883 g/mol. The van der Waals surface area contributed by atoms with E-state index < -0.39 is 0 Å². The number of hydrogen-bond donors (Lipinski definition) is 0. The Morgan fingerprint density at radius 1 is 0.649 bits per heavy atom. The molecular formula is C48H43IrN7O-2. The van der Waals surface area contributed by atoms with E-state index in [-0.39, 0.29) is 30.9 Å². The molecule has 0 aliphatic heterocycles. The van der Waals surface area contributed by atoms with Crippen LogP contribution in [0.3, 0.4) is 0 Å². The number of fused-ring (bicyclic) bond motifs is 3. The summed E-state index contributed by atoms with van der Waals surface area (Å²) in [4.78, 5) is 19.1. The normalized spacial score (nSPS) is 11.6. The minimum absolute atomic E-state index is 0. The van der Waals surface area contributed by atoms with Crippen LogP contribution in [0.4, 0.5) is 0 Å². The van der Waals surface area contributed by atoms with Gasteiger partial charge in [0.2, 0.25) is 5.71 Å². The van der Waals surface area contributed by atoms with Crippen molar-refractivity contribution in [3.8, 4) is 50.8 Å². The summed E-state index contributed by atoms with van der Waals surface area (Å²) in [6.07, 6.45) is 7.60. The SMILES string of the molecule is Cn1ccnc1-c1[c-]ccc2c1oc1nc(-c3nc(C(C)(C)C)cc(C(C)(C)C)n3)ccc12.[Ir].[c-]1ccccc1-n1cc(-c2ccc(-c3ccccc3)cc2)cn1. The molecule has 0 aliphatic rings. The Balaban J connectivity index is 0.000000182. The van der Waals surface area contributed by atoms with Gasteiger partial charge in [0, 0.05) is 67.5 Å². The summed E-state index contributed by atoms with van der Waals surface area (Å²) in [7, 11) is 1.96. The average Bonchev–Trinajstić information content (AvgIpc) is 3.97. The predicted octanol–water partition coefficient (Wildman–Crippen LogP) is 11.2. The second-order valence-electron chi connectivity index (χ2n) is 15.9. The van der Waals surface area contributed by atoms with Crippen LogP contribution in [0.5, 0.6) is 0 Å². The molecule has 9 aromatic rings. The first-order valence-electron chi connectivity index (χ1n) is 18.7. The van der Waals surface area contributed by atoms with Crippen LogP contribution < -0.4 is 0 Å². The van der Waals surface area contributed by atoms with Crippen molar-refractivity contribution < 1.29 is 24.5 Å². The molecule has 0 aliphatic carbocycles. The van der Waals surface area contributed by atoms with Gasteiger partial charge in [-0.1, -0.05) is 107 Å². The van der Waals surface area contributed by atoms with Gasteiger partial charge in [-0.25, -0.2) is 15.0 Å². The van der Waals surface area contributed by atoms with Crippen LogP contribution in [-0.2, 0) is 38.0 Å². The monoisotopic (exact) mass is 926 g/mol. The molecule has 8 nitrogen and oxygen atoms in total. The second kappa shape index (κ2) is 15.8. The number of rotatable bonds is 5. The third-order valence-electron chi connectivity index (χ3n) is 9.68. The Labute approximate surface area is 347 Å². The molecule has 0 spiro atoms. The minimum atomic E-state index is -0.103. The summed E-state index contributed by atoms with van der Waals surface area (Å²) in [5.41, 5.74) is 10.2. The number of benzene rings is 4. The van der Waals surface area contributed by atoms with Crippen LogP contribution in [0.15, 0.2) is 138 Å². The maximum Gasteiger partial charge on any atom is 0.216 e. The maximum atomic E-state index is 6.27. The Morgan fingerprint density at radius 2 is 1.32 bits per heavy atom. The fourth-order valence-electron chi connectivity index (χ4n) is 6.47. The van der Waals surface area contributed by atoms with Crippen molar-refractivity contribution in [3.63, 3.8) is 0 Å². The maximum absolute atomic E-state index is 6.27. The quantitative estimate of drug-likeness (QED) is 0.160. The van der Waals surface area contributed by atoms with E-state index in [4.69, 9.17) is 19.4 Å². The van der Waals surface area contributed by atoms with E-state index in [1.165, 1.54) is 11.1 Å². The van der Waals surface area contributed by atoms with Gasteiger partial charge in [0.15, 0.2) is 5.82 Å². The third kappa shape index (κ3) is 8.27. The van der Waals surface area contributed by atoms with E-state index in [9.17, 15) is 0 Å². The fraction of sp³-hybridized carbons (Fsp3) is 0.188. The van der Waals surface area contributed by atoms with E-state index in [0.717, 1.165) is 55.9 Å². The van der Waals surface area contributed by atoms with Crippen LogP contribution in [-0.4, -0.2) is 34.3 Å². The molecule has 57 heavy (non-hydrogen) atoms. The van der Waals surface area contributed by atoms with Crippen molar-refractivity contribution in [2.75, 3.05) is 0 Å². The molecule has 287 valence electrons. The van der Waals surface area contributed by atoms with E-state index in [1.807, 2.05) is 89.5 Å². The fourth-order valence-corrected chi connectivity index (χ4v) is 6.47. The Bertz CT molecular complexity index is 2740. The molecule has 9 heteroatoms. The largest absolute Gasteiger partial charge is 0.486 e. The minimum Gasteiger partial charge on any atom is -0.486 e. The summed E-state index contributed by atoms with van der Waals surface area (Å²) in [5.74, 6) is 1.42. The third-order valence-corrected chi connectivity index (χ3v) is 9.68. The van der Waals surface area contributed by atoms with Crippen molar-refractivity contribution in [1.82, 2.24) is 34.3 Å². The van der Waals surface area contributed by atoms with Gasteiger partial charge in [0.1, 0.15) is 5.69 Å². The zero-order valence-corrected chi connectivity index (χ0v) is 35.5. The van der Waals surface area contributed by atoms with Crippen molar-refractivity contribution in [2.24, 2.45) is 7.05 Å². The molecule has 0 bridgehead atoms. The summed E-state index contributed by atoms with van der Waals surface area (Å²) in [5, 5.41) is 6.36. The summed E-state index contributed by atoms with van der Waals surface area (Å²) in [6.45, 7) is 13.0. The average molecular weight is 926 g/mol. The van der Waals surface area contributed by atoms with Gasteiger partial charge in [0.25, 0.3) is 0 Å². The Hall–Kier alpha value is -6.02. The molecule has 5 heterocycles. The van der Waals surface area contributed by atoms with Crippen molar-refractivity contribution >= 4 is 22.1 Å². The molecule has 5 aromatic heterocycles. The number of aromatic nitrogens is 7. The second-order valence-corrected chi connectivity index (χ2v) is 15.9. The zero-order chi connectivity index (χ0) is 39.0. The molecule has 1 radical (unpaired) electrons. The summed E-state index contributed by atoms with van der Waals surface area (Å²) >= 11 is 0. The number of furan rings is 1. The van der Waals surface area contributed by atoms with Crippen molar-refractivity contribution in [2.45, 2.75) is 52.4 Å². The first-order valence-corrected chi connectivity index (χ1v) is 18.7. The molecule has 0 fully saturated rings. The number of nitrogens with zero attached hydrogens (tertiary/aromatic N) is 7. The van der Waals surface area contributed by atoms with Gasteiger partial charge < -0.3 is 8.98 Å². The molecule has 4 aromatic carbocycles. The first-order chi connectivity index (χ1) is 26.9. The zero-order valence-electron chi connectivity index (χ0n) is 33.1. The van der Waals surface area contributed by atoms with Crippen LogP contribution in [0, 0.1) is 12.1 Å². The molecule has 0 unspecified atom stereocenters. The molecule has 0 N–H and O–H groups in total. The number of pyridine rings is 1. The molecule has 0 atom stereocenters. The summed E-state index contributed by atoms with van der Waals surface area (Å²) in [6, 6.07) is 43.3. The van der Waals surface area contributed by atoms with Gasteiger partial charge in [-0.2, -0.15) is 29.4 Å². The van der Waals surface area contributed by atoms with E-state index >= 15 is 0 Å². The first kappa shape index (κ1) is 39.2. The number of para-hydroxylation sites is 1. The standard InChI is InChI=1S/C27H28N5O.C21H15N2.Ir/c1-26(2,3)20-15-21(27(4,5)6)31-23(30-20)19-12-11-17-16-9-8-10-18(22(16)33-25(17)29-19)24-28-13-14-32(24)7;1-3-7-17(8-4-1)18-11-13-19(14-12-18)20-15-22-23(16-20)21-9-5-2-6-10-21;/h8-9,11-15H,1-7H3;1-9,11-16H;/q2*-1;. The smallest absolute Gasteiger partial charge is 0.216 e. The van der Waals surface area contributed by atoms with E-state index in [0.29, 0.717) is 17.2 Å².